The third-order valence-corrected chi connectivity index (χ3v) is 3.35. The molecule has 0 amide bonds. The topological polar surface area (TPSA) is 12.0 Å². The number of nitrogens with one attached hydrogen (secondary N) is 1. The van der Waals surface area contributed by atoms with E-state index in [0.717, 1.165) is 17.9 Å². The van der Waals surface area contributed by atoms with Crippen molar-refractivity contribution in [1.82, 2.24) is 5.32 Å². The van der Waals surface area contributed by atoms with Crippen molar-refractivity contribution >= 4 is 17.7 Å². The molecule has 2 rings (SSSR count). The molecule has 1 atom stereocenters. The van der Waals surface area contributed by atoms with Crippen LogP contribution in [0.15, 0.2) is 23.8 Å². The summed E-state index contributed by atoms with van der Waals surface area (Å²) in [5.41, 5.74) is 4.17. The van der Waals surface area contributed by atoms with E-state index in [0.29, 0.717) is 6.04 Å². The maximum Gasteiger partial charge on any atom is 0.0409 e. The molecule has 2 heteroatoms. The fourth-order valence-corrected chi connectivity index (χ4v) is 2.20. The van der Waals surface area contributed by atoms with E-state index in [-0.39, 0.29) is 0 Å². The zero-order chi connectivity index (χ0) is 10.8. The van der Waals surface area contributed by atoms with Gasteiger partial charge in [0.05, 0.1) is 0 Å². The molecule has 80 valence electrons. The average molecular weight is 222 g/mol. The summed E-state index contributed by atoms with van der Waals surface area (Å²) in [6, 6.07) is 6.62. The molecule has 1 aromatic carbocycles. The summed E-state index contributed by atoms with van der Waals surface area (Å²) in [6.45, 7) is 2.20. The van der Waals surface area contributed by atoms with Gasteiger partial charge in [0, 0.05) is 11.1 Å². The Morgan fingerprint density at radius 2 is 2.13 bits per heavy atom. The molecular weight excluding hydrogens is 206 g/mol. The molecule has 1 aromatic rings. The summed E-state index contributed by atoms with van der Waals surface area (Å²) in [4.78, 5) is 0. The second-order valence-electron chi connectivity index (χ2n) is 4.07. The van der Waals surface area contributed by atoms with Gasteiger partial charge < -0.3 is 5.32 Å². The Morgan fingerprint density at radius 3 is 2.87 bits per heavy atom. The van der Waals surface area contributed by atoms with Gasteiger partial charge in [0.1, 0.15) is 0 Å². The van der Waals surface area contributed by atoms with Gasteiger partial charge >= 0.3 is 0 Å². The van der Waals surface area contributed by atoms with Gasteiger partial charge in [-0.15, -0.1) is 0 Å². The Hall–Kier alpha value is -0.790. The van der Waals surface area contributed by atoms with Crippen LogP contribution in [0.1, 0.15) is 24.5 Å². The van der Waals surface area contributed by atoms with Gasteiger partial charge in [-0.2, -0.15) is 0 Å². The lowest BCUT2D eigenvalue weighted by Crippen LogP contribution is -2.24. The summed E-state index contributed by atoms with van der Waals surface area (Å²) in [5, 5.41) is 4.12. The van der Waals surface area contributed by atoms with Gasteiger partial charge in [0.25, 0.3) is 0 Å². The average Bonchev–Trinajstić information content (AvgIpc) is 2.27. The summed E-state index contributed by atoms with van der Waals surface area (Å²) in [7, 11) is 2.00. The minimum absolute atomic E-state index is 0.467. The molecule has 0 spiro atoms. The monoisotopic (exact) mass is 221 g/mol. The molecule has 15 heavy (non-hydrogen) atoms. The second kappa shape index (κ2) is 4.38. The number of hydrogen-bond acceptors (Lipinski definition) is 1. The highest BCUT2D eigenvalue weighted by Crippen LogP contribution is 2.27. The van der Waals surface area contributed by atoms with Crippen LogP contribution in [0.25, 0.3) is 6.08 Å². The number of rotatable bonds is 2. The molecule has 0 saturated carbocycles. The van der Waals surface area contributed by atoms with Crippen molar-refractivity contribution in [3.8, 4) is 0 Å². The number of aryl methyl sites for hydroxylation is 1. The van der Waals surface area contributed by atoms with Gasteiger partial charge in [-0.3, -0.25) is 0 Å². The van der Waals surface area contributed by atoms with Crippen LogP contribution < -0.4 is 5.32 Å². The molecule has 0 fully saturated rings. The van der Waals surface area contributed by atoms with Crippen LogP contribution in [0.4, 0.5) is 0 Å². The van der Waals surface area contributed by atoms with E-state index in [1.807, 2.05) is 13.1 Å². The third kappa shape index (κ3) is 2.24. The first-order valence-electron chi connectivity index (χ1n) is 5.37. The van der Waals surface area contributed by atoms with Crippen LogP contribution in [-0.2, 0) is 6.42 Å². The van der Waals surface area contributed by atoms with E-state index < -0.39 is 0 Å². The smallest absolute Gasteiger partial charge is 0.0409 e. The van der Waals surface area contributed by atoms with E-state index >= 15 is 0 Å². The maximum atomic E-state index is 5.97. The highest BCUT2D eigenvalue weighted by atomic mass is 35.5. The van der Waals surface area contributed by atoms with Crippen molar-refractivity contribution in [1.29, 1.82) is 0 Å². The van der Waals surface area contributed by atoms with E-state index in [1.54, 1.807) is 0 Å². The largest absolute Gasteiger partial charge is 0.314 e. The Bertz CT molecular complexity index is 396. The van der Waals surface area contributed by atoms with Crippen LogP contribution in [0.5, 0.6) is 0 Å². The Labute approximate surface area is 96.1 Å². The Kier molecular flexibility index (Phi) is 3.13. The number of hydrogen-bond donors (Lipinski definition) is 1. The molecule has 1 aliphatic rings. The maximum absolute atomic E-state index is 5.97. The van der Waals surface area contributed by atoms with Crippen LogP contribution in [0, 0.1) is 0 Å². The minimum atomic E-state index is 0.467. The van der Waals surface area contributed by atoms with Gasteiger partial charge in [0.15, 0.2) is 0 Å². The molecule has 1 nitrogen and oxygen atoms in total. The number of fused-ring (bicyclic) bond motifs is 1. The highest BCUT2D eigenvalue weighted by molar-refractivity contribution is 6.30. The van der Waals surface area contributed by atoms with Gasteiger partial charge in [-0.1, -0.05) is 29.3 Å². The second-order valence-corrected chi connectivity index (χ2v) is 4.51. The van der Waals surface area contributed by atoms with Crippen LogP contribution in [0.3, 0.4) is 0 Å². The van der Waals surface area contributed by atoms with Crippen molar-refractivity contribution < 1.29 is 0 Å². The number of benzene rings is 1. The SMILES string of the molecule is CNC(C)C1=Cc2ccc(Cl)cc2CC1. The zero-order valence-corrected chi connectivity index (χ0v) is 9.93. The lowest BCUT2D eigenvalue weighted by atomic mass is 9.89. The van der Waals surface area contributed by atoms with Gasteiger partial charge in [-0.25, -0.2) is 0 Å². The van der Waals surface area contributed by atoms with Crippen LogP contribution >= 0.6 is 11.6 Å². The molecule has 1 N–H and O–H groups in total. The molecule has 0 heterocycles. The molecule has 0 bridgehead atoms. The summed E-state index contributed by atoms with van der Waals surface area (Å²) < 4.78 is 0. The summed E-state index contributed by atoms with van der Waals surface area (Å²) in [6.07, 6.45) is 4.53. The molecule has 1 unspecified atom stereocenters. The first-order valence-corrected chi connectivity index (χ1v) is 5.74. The number of likely N-dealkylation sites (N-methyl/N-ethyl adjacent to an activating group) is 1. The molecule has 0 aliphatic heterocycles. The molecule has 0 aromatic heterocycles. The molecule has 0 radical (unpaired) electrons. The predicted octanol–water partition coefficient (Wildman–Crippen LogP) is 3.28. The van der Waals surface area contributed by atoms with Crippen molar-refractivity contribution in [2.45, 2.75) is 25.8 Å². The fourth-order valence-electron chi connectivity index (χ4n) is 2.01. The van der Waals surface area contributed by atoms with Crippen molar-refractivity contribution in [3.05, 3.63) is 39.9 Å². The van der Waals surface area contributed by atoms with Crippen LogP contribution in [0.2, 0.25) is 5.02 Å². The minimum Gasteiger partial charge on any atom is -0.314 e. The van der Waals surface area contributed by atoms with E-state index in [9.17, 15) is 0 Å². The normalized spacial score (nSPS) is 16.9. The quantitative estimate of drug-likeness (QED) is 0.808. The van der Waals surface area contributed by atoms with E-state index in [4.69, 9.17) is 11.6 Å². The lowest BCUT2D eigenvalue weighted by Gasteiger charge is -2.21. The standard InChI is InChI=1S/C13H16ClN/c1-9(15-2)10-3-4-12-8-13(14)6-5-11(12)7-10/h5-9,15H,3-4H2,1-2H3. The highest BCUT2D eigenvalue weighted by Gasteiger charge is 2.14. The summed E-state index contributed by atoms with van der Waals surface area (Å²) in [5.74, 6) is 0. The van der Waals surface area contributed by atoms with E-state index in [2.05, 4.69) is 30.4 Å². The van der Waals surface area contributed by atoms with Crippen molar-refractivity contribution in [2.24, 2.45) is 0 Å². The Balaban J connectivity index is 2.33. The molecular formula is C13H16ClN. The Morgan fingerprint density at radius 1 is 1.33 bits per heavy atom. The molecule has 1 aliphatic carbocycles. The fraction of sp³-hybridized carbons (Fsp3) is 0.385. The van der Waals surface area contributed by atoms with Gasteiger partial charge in [-0.05, 0) is 50.1 Å². The number of halogens is 1. The first kappa shape index (κ1) is 10.7. The van der Waals surface area contributed by atoms with Crippen LogP contribution in [-0.4, -0.2) is 13.1 Å². The van der Waals surface area contributed by atoms with Crippen molar-refractivity contribution in [3.63, 3.8) is 0 Å². The predicted molar refractivity (Wildman–Crippen MR) is 66.3 cm³/mol. The van der Waals surface area contributed by atoms with Crippen molar-refractivity contribution in [2.75, 3.05) is 7.05 Å². The zero-order valence-electron chi connectivity index (χ0n) is 9.18. The van der Waals surface area contributed by atoms with E-state index in [1.165, 1.54) is 16.7 Å². The first-order chi connectivity index (χ1) is 7.20. The third-order valence-electron chi connectivity index (χ3n) is 3.12. The molecule has 0 saturated heterocycles. The summed E-state index contributed by atoms with van der Waals surface area (Å²) >= 11 is 5.97. The van der Waals surface area contributed by atoms with Gasteiger partial charge in [0.2, 0.25) is 0 Å². The lowest BCUT2D eigenvalue weighted by molar-refractivity contribution is 0.660.